The third-order valence-electron chi connectivity index (χ3n) is 3.81. The molecule has 2 aromatic carbocycles. The summed E-state index contributed by atoms with van der Waals surface area (Å²) in [5.41, 5.74) is 0. The molecule has 0 saturated carbocycles. The average molecular weight is 320 g/mol. The molecule has 1 aliphatic heterocycles. The lowest BCUT2D eigenvalue weighted by molar-refractivity contribution is -0.270. The molecular weight excluding hydrogens is 304 g/mol. The van der Waals surface area contributed by atoms with Crippen LogP contribution in [0.2, 0.25) is 0 Å². The lowest BCUT2D eigenvalue weighted by Crippen LogP contribution is -2.61. The van der Waals surface area contributed by atoms with Gasteiger partial charge in [0, 0.05) is 5.39 Å². The number of ether oxygens (including phenoxy) is 2. The molecule has 0 aliphatic carbocycles. The maximum atomic E-state index is 11.1. The van der Waals surface area contributed by atoms with Gasteiger partial charge in [0.2, 0.25) is 6.29 Å². The minimum Gasteiger partial charge on any atom is -0.479 e. The van der Waals surface area contributed by atoms with Crippen molar-refractivity contribution >= 4 is 16.7 Å². The van der Waals surface area contributed by atoms with E-state index in [-0.39, 0.29) is 0 Å². The number of carboxylic acids is 1. The van der Waals surface area contributed by atoms with E-state index in [1.807, 2.05) is 24.3 Å². The number of aliphatic hydroxyl groups excluding tert-OH is 3. The Bertz CT molecular complexity index is 711. The Morgan fingerprint density at radius 3 is 2.39 bits per heavy atom. The predicted octanol–water partition coefficient (Wildman–Crippen LogP) is 0.111. The first-order valence-corrected chi connectivity index (χ1v) is 7.06. The van der Waals surface area contributed by atoms with E-state index in [9.17, 15) is 20.1 Å². The summed E-state index contributed by atoms with van der Waals surface area (Å²) in [6.45, 7) is 0. The largest absolute Gasteiger partial charge is 0.479 e. The van der Waals surface area contributed by atoms with Crippen LogP contribution in [-0.2, 0) is 9.53 Å². The van der Waals surface area contributed by atoms with Crippen molar-refractivity contribution in [1.82, 2.24) is 0 Å². The van der Waals surface area contributed by atoms with Crippen LogP contribution in [0.25, 0.3) is 10.8 Å². The fraction of sp³-hybridized carbons (Fsp3) is 0.312. The van der Waals surface area contributed by atoms with Gasteiger partial charge in [0.1, 0.15) is 24.1 Å². The van der Waals surface area contributed by atoms with E-state index in [0.717, 1.165) is 10.8 Å². The molecule has 0 bridgehead atoms. The lowest BCUT2D eigenvalue weighted by Gasteiger charge is -2.38. The number of carbonyl (C=O) groups is 1. The van der Waals surface area contributed by atoms with Crippen LogP contribution in [0, 0.1) is 0 Å². The van der Waals surface area contributed by atoms with Crippen molar-refractivity contribution in [2.45, 2.75) is 30.7 Å². The molecule has 0 amide bonds. The van der Waals surface area contributed by atoms with Crippen LogP contribution in [0.5, 0.6) is 5.75 Å². The fourth-order valence-corrected chi connectivity index (χ4v) is 2.57. The zero-order chi connectivity index (χ0) is 16.6. The number of carboxylic acid groups (broad SMARTS) is 1. The third-order valence-corrected chi connectivity index (χ3v) is 3.81. The SMILES string of the molecule is O=C(O)[C@@H]1O[C@H](Oc2cccc3ccccc23)[C@H](O)[C@H](O)[C@@H]1O. The van der Waals surface area contributed by atoms with Crippen LogP contribution in [0.15, 0.2) is 42.5 Å². The summed E-state index contributed by atoms with van der Waals surface area (Å²) in [6.07, 6.45) is -8.12. The molecule has 1 fully saturated rings. The van der Waals surface area contributed by atoms with Crippen molar-refractivity contribution < 1.29 is 34.7 Å². The Morgan fingerprint density at radius 2 is 1.65 bits per heavy atom. The Balaban J connectivity index is 1.90. The summed E-state index contributed by atoms with van der Waals surface area (Å²) in [5, 5.41) is 40.1. The van der Waals surface area contributed by atoms with Crippen LogP contribution in [-0.4, -0.2) is 57.1 Å². The van der Waals surface area contributed by atoms with Crippen molar-refractivity contribution in [1.29, 1.82) is 0 Å². The lowest BCUT2D eigenvalue weighted by atomic mass is 9.99. The summed E-state index contributed by atoms with van der Waals surface area (Å²) in [7, 11) is 0. The Kier molecular flexibility index (Phi) is 4.18. The van der Waals surface area contributed by atoms with Crippen molar-refractivity contribution in [3.8, 4) is 5.75 Å². The molecule has 1 saturated heterocycles. The first-order valence-electron chi connectivity index (χ1n) is 7.06. The Labute approximate surface area is 131 Å². The quantitative estimate of drug-likeness (QED) is 0.634. The monoisotopic (exact) mass is 320 g/mol. The van der Waals surface area contributed by atoms with Crippen molar-refractivity contribution in [3.63, 3.8) is 0 Å². The molecule has 0 unspecified atom stereocenters. The Hall–Kier alpha value is -2.19. The van der Waals surface area contributed by atoms with Gasteiger partial charge in [-0.3, -0.25) is 0 Å². The molecule has 0 aromatic heterocycles. The minimum absolute atomic E-state index is 0.375. The molecule has 0 spiro atoms. The van der Waals surface area contributed by atoms with E-state index in [0.29, 0.717) is 5.75 Å². The second kappa shape index (κ2) is 6.13. The third kappa shape index (κ3) is 2.87. The van der Waals surface area contributed by atoms with Crippen LogP contribution in [0.4, 0.5) is 0 Å². The van der Waals surface area contributed by atoms with Gasteiger partial charge in [-0.15, -0.1) is 0 Å². The highest BCUT2D eigenvalue weighted by Gasteiger charge is 2.48. The number of fused-ring (bicyclic) bond motifs is 1. The van der Waals surface area contributed by atoms with Gasteiger partial charge in [0.15, 0.2) is 6.10 Å². The first-order chi connectivity index (χ1) is 11.0. The zero-order valence-corrected chi connectivity index (χ0v) is 11.9. The van der Waals surface area contributed by atoms with Crippen LogP contribution >= 0.6 is 0 Å². The predicted molar refractivity (Wildman–Crippen MR) is 78.9 cm³/mol. The van der Waals surface area contributed by atoms with Crippen LogP contribution in [0.3, 0.4) is 0 Å². The number of hydrogen-bond donors (Lipinski definition) is 4. The Morgan fingerprint density at radius 1 is 0.957 bits per heavy atom. The number of rotatable bonds is 3. The van der Waals surface area contributed by atoms with E-state index in [2.05, 4.69) is 0 Å². The highest BCUT2D eigenvalue weighted by molar-refractivity contribution is 5.88. The van der Waals surface area contributed by atoms with Crippen molar-refractivity contribution in [2.75, 3.05) is 0 Å². The van der Waals surface area contributed by atoms with E-state index >= 15 is 0 Å². The molecule has 0 radical (unpaired) electrons. The summed E-state index contributed by atoms with van der Waals surface area (Å²) in [4.78, 5) is 11.1. The molecule has 7 nitrogen and oxygen atoms in total. The second-order valence-corrected chi connectivity index (χ2v) is 5.33. The van der Waals surface area contributed by atoms with Crippen molar-refractivity contribution in [2.24, 2.45) is 0 Å². The summed E-state index contributed by atoms with van der Waals surface area (Å²) >= 11 is 0. The number of aliphatic carboxylic acids is 1. The van der Waals surface area contributed by atoms with Gasteiger partial charge in [-0.1, -0.05) is 36.4 Å². The fourth-order valence-electron chi connectivity index (χ4n) is 2.57. The topological polar surface area (TPSA) is 116 Å². The highest BCUT2D eigenvalue weighted by atomic mass is 16.7. The number of hydrogen-bond acceptors (Lipinski definition) is 6. The van der Waals surface area contributed by atoms with Gasteiger partial charge in [-0.25, -0.2) is 4.79 Å². The van der Waals surface area contributed by atoms with Gasteiger partial charge >= 0.3 is 5.97 Å². The molecule has 122 valence electrons. The zero-order valence-electron chi connectivity index (χ0n) is 11.9. The highest BCUT2D eigenvalue weighted by Crippen LogP contribution is 2.29. The number of benzene rings is 2. The second-order valence-electron chi connectivity index (χ2n) is 5.33. The standard InChI is InChI=1S/C16H16O7/c17-11-12(18)14(15(20)21)23-16(13(11)19)22-10-7-3-5-8-4-1-2-6-9(8)10/h1-7,11-14,16-19H,(H,20,21)/t11-,12+,13-,14-,16+/m1/s1. The molecule has 1 heterocycles. The van der Waals surface area contributed by atoms with Crippen LogP contribution < -0.4 is 4.74 Å². The maximum absolute atomic E-state index is 11.1. The summed E-state index contributed by atoms with van der Waals surface area (Å²) in [5.74, 6) is -1.07. The normalized spacial score (nSPS) is 31.0. The van der Waals surface area contributed by atoms with Gasteiger partial charge in [0.25, 0.3) is 0 Å². The van der Waals surface area contributed by atoms with Gasteiger partial charge < -0.3 is 29.9 Å². The first kappa shape index (κ1) is 15.7. The smallest absolute Gasteiger partial charge is 0.335 e. The number of aliphatic hydroxyl groups is 3. The van der Waals surface area contributed by atoms with Gasteiger partial charge in [-0.05, 0) is 11.5 Å². The van der Waals surface area contributed by atoms with Gasteiger partial charge in [0.05, 0.1) is 0 Å². The van der Waals surface area contributed by atoms with E-state index in [1.165, 1.54) is 0 Å². The molecule has 5 atom stereocenters. The van der Waals surface area contributed by atoms with E-state index < -0.39 is 36.7 Å². The molecule has 3 rings (SSSR count). The molecule has 4 N–H and O–H groups in total. The van der Waals surface area contributed by atoms with Crippen LogP contribution in [0.1, 0.15) is 0 Å². The summed E-state index contributed by atoms with van der Waals surface area (Å²) in [6, 6.07) is 12.6. The molecule has 1 aliphatic rings. The minimum atomic E-state index is -1.74. The maximum Gasteiger partial charge on any atom is 0.335 e. The molecular formula is C16H16O7. The molecule has 23 heavy (non-hydrogen) atoms. The summed E-state index contributed by atoms with van der Waals surface area (Å²) < 4.78 is 10.7. The van der Waals surface area contributed by atoms with Crippen molar-refractivity contribution in [3.05, 3.63) is 42.5 Å². The average Bonchev–Trinajstić information content (AvgIpc) is 2.55. The van der Waals surface area contributed by atoms with Gasteiger partial charge in [-0.2, -0.15) is 0 Å². The van der Waals surface area contributed by atoms with E-state index in [1.54, 1.807) is 18.2 Å². The van der Waals surface area contributed by atoms with E-state index in [4.69, 9.17) is 14.6 Å². The molecule has 2 aromatic rings. The molecule has 7 heteroatoms.